The Balaban J connectivity index is 0.00000450. The molecule has 1 aliphatic heterocycles. The summed E-state index contributed by atoms with van der Waals surface area (Å²) in [7, 11) is 0. The average molecular weight is 889 g/mol. The number of benzene rings is 6. The quantitative estimate of drug-likeness (QED) is 0.156. The van der Waals surface area contributed by atoms with Crippen LogP contribution in [0.25, 0.3) is 28.1 Å². The van der Waals surface area contributed by atoms with Crippen LogP contribution in [0, 0.1) is 60.3 Å². The topological polar surface area (TPSA) is 33.5 Å². The molecule has 0 saturated heterocycles. The second-order valence-electron chi connectivity index (χ2n) is 15.5. The van der Waals surface area contributed by atoms with Gasteiger partial charge >= 0.3 is 0 Å². The molecule has 0 N–H and O–H groups in total. The van der Waals surface area contributed by atoms with E-state index in [0.717, 1.165) is 50.7 Å². The number of ether oxygens (including phenoxy) is 1. The van der Waals surface area contributed by atoms with Gasteiger partial charge in [0.25, 0.3) is 0 Å². The first-order valence-electron chi connectivity index (χ1n) is 18.3. The van der Waals surface area contributed by atoms with E-state index in [-0.39, 0.29) is 26.5 Å². The van der Waals surface area contributed by atoms with Gasteiger partial charge in [-0.1, -0.05) is 92.6 Å². The molecule has 7 aromatic rings. The fourth-order valence-electron chi connectivity index (χ4n) is 7.90. The minimum atomic E-state index is -0.149. The van der Waals surface area contributed by atoms with Crippen molar-refractivity contribution < 1.29 is 25.8 Å². The molecule has 0 atom stereocenters. The van der Waals surface area contributed by atoms with E-state index < -0.39 is 0 Å². The van der Waals surface area contributed by atoms with E-state index in [1.165, 1.54) is 39.1 Å². The predicted molar refractivity (Wildman–Crippen MR) is 219 cm³/mol. The van der Waals surface area contributed by atoms with Crippen molar-refractivity contribution in [2.75, 3.05) is 9.80 Å². The predicted octanol–water partition coefficient (Wildman–Crippen LogP) is 12.6. The molecule has 0 saturated carbocycles. The number of imidazole rings is 1. The van der Waals surface area contributed by atoms with Crippen LogP contribution in [0.3, 0.4) is 0 Å². The smallest absolute Gasteiger partial charge is 0.0774 e. The zero-order valence-electron chi connectivity index (χ0n) is 32.4. The van der Waals surface area contributed by atoms with Crippen LogP contribution in [-0.4, -0.2) is 9.55 Å². The maximum Gasteiger partial charge on any atom is 0.0774 e. The van der Waals surface area contributed by atoms with Crippen molar-refractivity contribution in [1.29, 1.82) is 0 Å². The second-order valence-corrected chi connectivity index (χ2v) is 15.5. The van der Waals surface area contributed by atoms with Gasteiger partial charge in [-0.05, 0) is 93.5 Å². The summed E-state index contributed by atoms with van der Waals surface area (Å²) in [5, 5.41) is 0. The molecule has 0 spiro atoms. The monoisotopic (exact) mass is 888 g/mol. The Kier molecular flexibility index (Phi) is 9.83. The molecule has 1 aliphatic rings. The van der Waals surface area contributed by atoms with Crippen LogP contribution in [0.4, 0.5) is 22.7 Å². The summed E-state index contributed by atoms with van der Waals surface area (Å²) < 4.78 is 9.00. The zero-order chi connectivity index (χ0) is 37.2. The molecule has 6 heteroatoms. The molecule has 276 valence electrons. The van der Waals surface area contributed by atoms with Gasteiger partial charge in [-0.25, -0.2) is 0 Å². The number of hydrogen-bond donors (Lipinski definition) is 0. The number of fused-ring (bicyclic) bond motifs is 2. The van der Waals surface area contributed by atoms with Gasteiger partial charge in [-0.3, -0.25) is 4.98 Å². The van der Waals surface area contributed by atoms with Gasteiger partial charge in [-0.15, -0.1) is 47.7 Å². The molecular formula is C48H45N4OPt-3. The van der Waals surface area contributed by atoms with Gasteiger partial charge in [-0.2, -0.15) is 6.07 Å². The van der Waals surface area contributed by atoms with Crippen molar-refractivity contribution in [3.63, 3.8) is 0 Å². The Bertz CT molecular complexity index is 2500. The Morgan fingerprint density at radius 2 is 1.20 bits per heavy atom. The first-order chi connectivity index (χ1) is 25.4. The Morgan fingerprint density at radius 1 is 0.611 bits per heavy atom. The van der Waals surface area contributed by atoms with Crippen molar-refractivity contribution in [3.8, 4) is 28.6 Å². The van der Waals surface area contributed by atoms with Crippen LogP contribution in [0.1, 0.15) is 59.7 Å². The average Bonchev–Trinajstić information content (AvgIpc) is 3.67. The van der Waals surface area contributed by atoms with Crippen molar-refractivity contribution in [1.82, 2.24) is 9.55 Å². The summed E-state index contributed by atoms with van der Waals surface area (Å²) in [5.74, 6) is 2.07. The minimum absolute atomic E-state index is 0. The number of para-hydroxylation sites is 4. The molecule has 54 heavy (non-hydrogen) atoms. The summed E-state index contributed by atoms with van der Waals surface area (Å²) in [4.78, 5) is 9.70. The van der Waals surface area contributed by atoms with Crippen molar-refractivity contribution >= 4 is 33.8 Å². The summed E-state index contributed by atoms with van der Waals surface area (Å²) in [6.45, 7) is 21.9. The number of aromatic nitrogens is 2. The number of anilines is 4. The van der Waals surface area contributed by atoms with Gasteiger partial charge in [0.15, 0.2) is 0 Å². The minimum Gasteiger partial charge on any atom is -0.503 e. The van der Waals surface area contributed by atoms with Crippen molar-refractivity contribution in [2.24, 2.45) is 0 Å². The maximum atomic E-state index is 6.71. The molecule has 1 aromatic heterocycles. The van der Waals surface area contributed by atoms with E-state index in [4.69, 9.17) is 9.72 Å². The molecule has 2 heterocycles. The fraction of sp³-hybridized carbons (Fsp3) is 0.208. The Labute approximate surface area is 334 Å². The van der Waals surface area contributed by atoms with Gasteiger partial charge < -0.3 is 19.1 Å². The standard InChI is InChI=1S/C48H45N4O.Pt/c1-30-21-32(3)45(33(4)22-30)51-29-50(43-19-12-13-20-44(43)51)38-15-14-16-39(28-38)53-40-26-36(25-37(27-40)48(7,8)9)47-49-41-17-10-11-18-42(41)52(47)46-34(5)23-31(2)24-35(46)6;/h10-25,27,29H,1-9H3;/q-3;. The normalized spacial score (nSPS) is 12.6. The Morgan fingerprint density at radius 3 is 1.85 bits per heavy atom. The van der Waals surface area contributed by atoms with Crippen molar-refractivity contribution in [3.05, 3.63) is 161 Å². The fourth-order valence-corrected chi connectivity index (χ4v) is 7.90. The van der Waals surface area contributed by atoms with E-state index in [2.05, 4.69) is 180 Å². The molecule has 0 bridgehead atoms. The van der Waals surface area contributed by atoms with Crippen LogP contribution < -0.4 is 14.5 Å². The molecule has 0 unspecified atom stereocenters. The summed E-state index contributed by atoms with van der Waals surface area (Å²) in [6, 6.07) is 43.4. The van der Waals surface area contributed by atoms with E-state index in [9.17, 15) is 0 Å². The third-order valence-electron chi connectivity index (χ3n) is 10.1. The molecule has 5 nitrogen and oxygen atoms in total. The molecule has 6 aromatic carbocycles. The largest absolute Gasteiger partial charge is 0.503 e. The van der Waals surface area contributed by atoms with Gasteiger partial charge in [0.2, 0.25) is 0 Å². The van der Waals surface area contributed by atoms with Crippen LogP contribution in [0.15, 0.2) is 103 Å². The molecule has 8 rings (SSSR count). The Hall–Kier alpha value is -5.12. The molecule has 0 amide bonds. The van der Waals surface area contributed by atoms with Crippen LogP contribution in [0.5, 0.6) is 11.5 Å². The SMILES string of the molecule is Cc1cc(C)c(N2[CH-]N(c3[c-]c(Oc4[c-]c(-c5nc6ccccc6n5-c5c(C)cc(C)cc5C)cc(C(C)(C)C)c4)ccc3)c3ccccc32)c(C)c1.[Pt]. The van der Waals surface area contributed by atoms with E-state index in [1.54, 1.807) is 0 Å². The first kappa shape index (κ1) is 37.2. The molecule has 0 fully saturated rings. The molecular weight excluding hydrogens is 844 g/mol. The van der Waals surface area contributed by atoms with Gasteiger partial charge in [0.1, 0.15) is 0 Å². The number of rotatable bonds is 6. The van der Waals surface area contributed by atoms with Gasteiger partial charge in [0.05, 0.1) is 16.9 Å². The van der Waals surface area contributed by atoms with E-state index in [1.807, 2.05) is 18.2 Å². The van der Waals surface area contributed by atoms with Crippen LogP contribution in [-0.2, 0) is 26.5 Å². The van der Waals surface area contributed by atoms with Gasteiger partial charge in [0, 0.05) is 55.3 Å². The summed E-state index contributed by atoms with van der Waals surface area (Å²) in [6.07, 6.45) is 0. The zero-order valence-corrected chi connectivity index (χ0v) is 34.7. The molecule has 0 aliphatic carbocycles. The number of hydrogen-bond acceptors (Lipinski definition) is 4. The van der Waals surface area contributed by atoms with Crippen LogP contribution >= 0.6 is 0 Å². The van der Waals surface area contributed by atoms with Crippen LogP contribution in [0.2, 0.25) is 0 Å². The number of aryl methyl sites for hydroxylation is 6. The summed E-state index contributed by atoms with van der Waals surface area (Å²) >= 11 is 0. The van der Waals surface area contributed by atoms with E-state index >= 15 is 0 Å². The molecule has 0 radical (unpaired) electrons. The number of nitrogens with zero attached hydrogens (tertiary/aromatic N) is 4. The maximum absolute atomic E-state index is 6.71. The summed E-state index contributed by atoms with van der Waals surface area (Å²) in [5.41, 5.74) is 16.7. The third kappa shape index (κ3) is 6.75. The first-order valence-corrected chi connectivity index (χ1v) is 18.3. The third-order valence-corrected chi connectivity index (χ3v) is 10.1. The van der Waals surface area contributed by atoms with E-state index in [0.29, 0.717) is 11.5 Å². The van der Waals surface area contributed by atoms with Crippen molar-refractivity contribution in [2.45, 2.75) is 67.7 Å². The second kappa shape index (κ2) is 14.3.